The van der Waals surface area contributed by atoms with E-state index in [0.717, 1.165) is 69.4 Å². The Hall–Kier alpha value is -4.58. The van der Waals surface area contributed by atoms with Crippen molar-refractivity contribution in [3.8, 4) is 17.0 Å². The number of piperidine rings is 2. The van der Waals surface area contributed by atoms with Crippen molar-refractivity contribution >= 4 is 34.5 Å². The molecule has 6 heterocycles. The summed E-state index contributed by atoms with van der Waals surface area (Å²) in [4.78, 5) is 45.9. The number of aromatic nitrogens is 4. The number of aryl methyl sites for hydroxylation is 1. The number of hydrogen-bond donors (Lipinski definition) is 1. The lowest BCUT2D eigenvalue weighted by Gasteiger charge is -2.47. The molecule has 51 heavy (non-hydrogen) atoms. The molecule has 11 nitrogen and oxygen atoms in total. The summed E-state index contributed by atoms with van der Waals surface area (Å²) in [7, 11) is 3.65. The molecule has 3 aliphatic rings. The van der Waals surface area contributed by atoms with Crippen molar-refractivity contribution in [2.75, 3.05) is 63.6 Å². The van der Waals surface area contributed by atoms with Gasteiger partial charge in [-0.05, 0) is 100 Å². The zero-order chi connectivity index (χ0) is 35.7. The molecule has 2 fully saturated rings. The minimum atomic E-state index is -0.627. The number of likely N-dealkylation sites (tertiary alicyclic amines) is 1. The van der Waals surface area contributed by atoms with E-state index in [1.54, 1.807) is 17.0 Å². The minimum absolute atomic E-state index is 0.196. The highest BCUT2D eigenvalue weighted by Gasteiger charge is 2.37. The fourth-order valence-corrected chi connectivity index (χ4v) is 7.91. The Bertz CT molecular complexity index is 1910. The highest BCUT2D eigenvalue weighted by molar-refractivity contribution is 6.05. The van der Waals surface area contributed by atoms with Crippen molar-refractivity contribution in [1.82, 2.24) is 29.3 Å². The maximum Gasteiger partial charge on any atom is 0.258 e. The summed E-state index contributed by atoms with van der Waals surface area (Å²) in [6.07, 6.45) is 8.35. The molecule has 0 unspecified atom stereocenters. The van der Waals surface area contributed by atoms with E-state index >= 15 is 0 Å². The molecule has 0 aliphatic carbocycles. The van der Waals surface area contributed by atoms with Crippen molar-refractivity contribution in [3.05, 3.63) is 59.8 Å². The molecule has 7 rings (SSSR count). The van der Waals surface area contributed by atoms with Gasteiger partial charge in [0.25, 0.3) is 5.91 Å². The van der Waals surface area contributed by atoms with E-state index in [-0.39, 0.29) is 17.7 Å². The van der Waals surface area contributed by atoms with Crippen molar-refractivity contribution in [2.45, 2.75) is 65.3 Å². The van der Waals surface area contributed by atoms with Crippen LogP contribution in [0.5, 0.6) is 5.75 Å². The van der Waals surface area contributed by atoms with Gasteiger partial charge >= 0.3 is 0 Å². The van der Waals surface area contributed by atoms with Crippen LogP contribution in [-0.4, -0.2) is 94.6 Å². The Morgan fingerprint density at radius 2 is 1.82 bits per heavy atom. The normalized spacial score (nSPS) is 19.7. The van der Waals surface area contributed by atoms with Crippen LogP contribution in [-0.2, 0) is 11.3 Å². The number of imidazole rings is 1. The largest absolute Gasteiger partial charge is 0.493 e. The van der Waals surface area contributed by atoms with Crippen LogP contribution in [0.2, 0.25) is 0 Å². The zero-order valence-corrected chi connectivity index (χ0v) is 30.3. The molecule has 1 spiro atoms. The number of carbonyl (C=O) groups is 2. The first kappa shape index (κ1) is 34.9. The van der Waals surface area contributed by atoms with Gasteiger partial charge in [-0.2, -0.15) is 4.39 Å². The molecule has 2 amide bonds. The molecular weight excluding hydrogens is 647 g/mol. The molecule has 2 bridgehead atoms. The number of carbonyl (C=O) groups excluding carboxylic acids is 2. The van der Waals surface area contributed by atoms with Gasteiger partial charge in [-0.1, -0.05) is 6.92 Å². The first-order chi connectivity index (χ1) is 24.6. The maximum absolute atomic E-state index is 14.2. The molecule has 12 heteroatoms. The molecule has 0 saturated carbocycles. The second-order valence-electron chi connectivity index (χ2n) is 15.0. The topological polar surface area (TPSA) is 109 Å². The number of benzene rings is 1. The van der Waals surface area contributed by atoms with Crippen LogP contribution in [0.3, 0.4) is 0 Å². The van der Waals surface area contributed by atoms with Gasteiger partial charge in [-0.3, -0.25) is 19.9 Å². The second-order valence-corrected chi connectivity index (χ2v) is 15.0. The standard InChI is InChI=1S/C39H49FN8O3/c1-26-6-5-19-51-34-23-35(40)41-24-30(34)32-21-28(20-27(2)42-32)37(50)44-38-43-31-8-7-29(22-33(31)48(38)25-26)47-17-12-39(13-18-47)10-15-46(16-11-39)14-9-36(49)45(3)4/h7-8,20-24,26H,5-6,9-19,25H2,1-4H3,(H,43,44,50)/t26-/m1/s1. The van der Waals surface area contributed by atoms with Crippen LogP contribution in [0.25, 0.3) is 22.3 Å². The Kier molecular flexibility index (Phi) is 9.96. The number of pyridine rings is 2. The second kappa shape index (κ2) is 14.6. The van der Waals surface area contributed by atoms with Gasteiger partial charge in [0.15, 0.2) is 0 Å². The monoisotopic (exact) mass is 696 g/mol. The molecule has 4 aromatic rings. The molecule has 1 N–H and O–H groups in total. The number of hydrogen-bond acceptors (Lipinski definition) is 8. The van der Waals surface area contributed by atoms with E-state index in [0.29, 0.717) is 59.2 Å². The van der Waals surface area contributed by atoms with E-state index in [1.807, 2.05) is 21.0 Å². The predicted molar refractivity (Wildman–Crippen MR) is 197 cm³/mol. The predicted octanol–water partition coefficient (Wildman–Crippen LogP) is 6.16. The van der Waals surface area contributed by atoms with Gasteiger partial charge in [0, 0.05) is 75.9 Å². The number of ether oxygens (including phenoxy) is 1. The summed E-state index contributed by atoms with van der Waals surface area (Å²) in [6.45, 7) is 10.1. The van der Waals surface area contributed by atoms with Crippen molar-refractivity contribution in [3.63, 3.8) is 0 Å². The third-order valence-electron chi connectivity index (χ3n) is 11.1. The first-order valence-electron chi connectivity index (χ1n) is 18.3. The molecule has 1 aromatic carbocycles. The molecule has 3 aromatic heterocycles. The Balaban J connectivity index is 1.10. The summed E-state index contributed by atoms with van der Waals surface area (Å²) >= 11 is 0. The summed E-state index contributed by atoms with van der Waals surface area (Å²) in [6, 6.07) is 11.2. The van der Waals surface area contributed by atoms with Crippen LogP contribution < -0.4 is 15.0 Å². The van der Waals surface area contributed by atoms with E-state index in [4.69, 9.17) is 9.72 Å². The quantitative estimate of drug-likeness (QED) is 0.253. The molecule has 1 atom stereocenters. The average molecular weight is 697 g/mol. The zero-order valence-electron chi connectivity index (χ0n) is 30.3. The maximum atomic E-state index is 14.2. The Labute approximate surface area is 299 Å². The van der Waals surface area contributed by atoms with E-state index in [1.165, 1.54) is 30.8 Å². The lowest BCUT2D eigenvalue weighted by Crippen LogP contribution is -2.47. The van der Waals surface area contributed by atoms with Crippen molar-refractivity contribution in [2.24, 2.45) is 11.3 Å². The fourth-order valence-electron chi connectivity index (χ4n) is 7.91. The number of nitrogens with zero attached hydrogens (tertiary/aromatic N) is 7. The minimum Gasteiger partial charge on any atom is -0.493 e. The smallest absolute Gasteiger partial charge is 0.258 e. The van der Waals surface area contributed by atoms with Crippen LogP contribution >= 0.6 is 0 Å². The van der Waals surface area contributed by atoms with Gasteiger partial charge in [-0.25, -0.2) is 9.97 Å². The molecule has 2 saturated heterocycles. The van der Waals surface area contributed by atoms with Crippen LogP contribution in [0.15, 0.2) is 42.6 Å². The van der Waals surface area contributed by atoms with Gasteiger partial charge in [0.1, 0.15) is 5.75 Å². The average Bonchev–Trinajstić information content (AvgIpc) is 3.44. The van der Waals surface area contributed by atoms with Gasteiger partial charge in [-0.15, -0.1) is 0 Å². The highest BCUT2D eigenvalue weighted by Crippen LogP contribution is 2.42. The SMILES string of the molecule is Cc1cc2cc(n1)-c1cnc(F)cc1OCCC[C@@H](C)Cn1c(nc3ccc(N4CCC5(CCN(CCC(=O)N(C)C)CC5)CC4)cc31)NC2=O. The number of nitrogens with one attached hydrogen (secondary N) is 1. The van der Waals surface area contributed by atoms with Crippen LogP contribution in [0, 0.1) is 24.2 Å². The summed E-state index contributed by atoms with van der Waals surface area (Å²) < 4.78 is 22.4. The lowest BCUT2D eigenvalue weighted by atomic mass is 9.71. The number of fused-ring (bicyclic) bond motifs is 7. The Morgan fingerprint density at radius 3 is 2.59 bits per heavy atom. The summed E-state index contributed by atoms with van der Waals surface area (Å²) in [5.41, 5.74) is 5.49. The molecular formula is C39H49FN8O3. The number of amides is 2. The van der Waals surface area contributed by atoms with Gasteiger partial charge in [0.05, 0.1) is 28.9 Å². The van der Waals surface area contributed by atoms with Crippen LogP contribution in [0.4, 0.5) is 16.0 Å². The van der Waals surface area contributed by atoms with E-state index in [2.05, 4.69) is 54.8 Å². The number of anilines is 2. The number of halogens is 1. The van der Waals surface area contributed by atoms with Crippen molar-refractivity contribution < 1.29 is 18.7 Å². The van der Waals surface area contributed by atoms with Crippen LogP contribution in [0.1, 0.15) is 67.9 Å². The van der Waals surface area contributed by atoms with Gasteiger partial charge < -0.3 is 24.0 Å². The Morgan fingerprint density at radius 1 is 1.06 bits per heavy atom. The number of rotatable bonds is 4. The summed E-state index contributed by atoms with van der Waals surface area (Å²) in [5.74, 6) is 0.413. The first-order valence-corrected chi connectivity index (χ1v) is 18.3. The third-order valence-corrected chi connectivity index (χ3v) is 11.1. The lowest BCUT2D eigenvalue weighted by molar-refractivity contribution is -0.129. The van der Waals surface area contributed by atoms with Crippen molar-refractivity contribution in [1.29, 1.82) is 0 Å². The summed E-state index contributed by atoms with van der Waals surface area (Å²) in [5, 5.41) is 3.11. The van der Waals surface area contributed by atoms with E-state index in [9.17, 15) is 14.0 Å². The molecule has 270 valence electrons. The van der Waals surface area contributed by atoms with E-state index < -0.39 is 5.95 Å². The highest BCUT2D eigenvalue weighted by atomic mass is 19.1. The molecule has 0 radical (unpaired) electrons. The molecule has 3 aliphatic heterocycles. The van der Waals surface area contributed by atoms with Gasteiger partial charge in [0.2, 0.25) is 17.8 Å². The fraction of sp³-hybridized carbons (Fsp3) is 0.513. The third kappa shape index (κ3) is 7.71.